The molecule has 0 aliphatic carbocycles. The number of anilines is 1. The quantitative estimate of drug-likeness (QED) is 0.902. The molecule has 2 rings (SSSR count). The summed E-state index contributed by atoms with van der Waals surface area (Å²) in [5.74, 6) is 0. The van der Waals surface area contributed by atoms with E-state index in [9.17, 15) is 0 Å². The molecule has 20 heavy (non-hydrogen) atoms. The van der Waals surface area contributed by atoms with Gasteiger partial charge in [-0.25, -0.2) is 0 Å². The van der Waals surface area contributed by atoms with Crippen LogP contribution in [0.25, 0.3) is 0 Å². The van der Waals surface area contributed by atoms with Crippen molar-refractivity contribution in [3.05, 3.63) is 58.3 Å². The molecule has 1 unspecified atom stereocenters. The van der Waals surface area contributed by atoms with Crippen molar-refractivity contribution in [3.63, 3.8) is 0 Å². The number of pyridine rings is 1. The molecule has 2 aromatic rings. The molecule has 0 aliphatic rings. The van der Waals surface area contributed by atoms with E-state index in [-0.39, 0.29) is 6.04 Å². The Hall–Kier alpha value is -1.39. The molecule has 0 fully saturated rings. The number of nitrogens with one attached hydrogen (secondary N) is 1. The lowest BCUT2D eigenvalue weighted by atomic mass is 10.2. The summed E-state index contributed by atoms with van der Waals surface area (Å²) in [6.07, 6.45) is 1.93. The lowest BCUT2D eigenvalue weighted by Crippen LogP contribution is -2.18. The first-order valence-electron chi connectivity index (χ1n) is 6.69. The Bertz CT molecular complexity index is 554. The number of aromatic nitrogens is 1. The second-order valence-corrected chi connectivity index (χ2v) is 5.85. The van der Waals surface area contributed by atoms with Crippen LogP contribution in [0.5, 0.6) is 0 Å². The van der Waals surface area contributed by atoms with Crippen LogP contribution in [0, 0.1) is 0 Å². The van der Waals surface area contributed by atoms with Crippen LogP contribution >= 0.6 is 15.9 Å². The average molecular weight is 334 g/mol. The maximum Gasteiger partial charge on any atom is 0.0571 e. The fourth-order valence-corrected chi connectivity index (χ4v) is 2.47. The highest BCUT2D eigenvalue weighted by Gasteiger charge is 2.06. The Balaban J connectivity index is 2.07. The highest BCUT2D eigenvalue weighted by Crippen LogP contribution is 2.18. The van der Waals surface area contributed by atoms with E-state index in [1.807, 2.05) is 19.3 Å². The molecule has 1 heterocycles. The molecule has 1 atom stereocenters. The third kappa shape index (κ3) is 3.81. The van der Waals surface area contributed by atoms with E-state index in [0.29, 0.717) is 0 Å². The van der Waals surface area contributed by atoms with Crippen LogP contribution in [0.1, 0.15) is 24.2 Å². The van der Waals surface area contributed by atoms with Crippen molar-refractivity contribution in [3.8, 4) is 0 Å². The van der Waals surface area contributed by atoms with Crippen LogP contribution in [0.4, 0.5) is 5.69 Å². The Labute approximate surface area is 129 Å². The van der Waals surface area contributed by atoms with Gasteiger partial charge in [0.15, 0.2) is 0 Å². The highest BCUT2D eigenvalue weighted by molar-refractivity contribution is 9.10. The first-order valence-corrected chi connectivity index (χ1v) is 7.48. The second kappa shape index (κ2) is 6.86. The van der Waals surface area contributed by atoms with Crippen LogP contribution in [0.15, 0.2) is 47.1 Å². The minimum atomic E-state index is 0.277. The van der Waals surface area contributed by atoms with E-state index in [2.05, 4.69) is 75.4 Å². The van der Waals surface area contributed by atoms with Gasteiger partial charge >= 0.3 is 0 Å². The molecule has 0 saturated heterocycles. The molecule has 0 spiro atoms. The number of nitrogens with zero attached hydrogens (tertiary/aromatic N) is 2. The third-order valence-corrected chi connectivity index (χ3v) is 3.89. The summed E-state index contributed by atoms with van der Waals surface area (Å²) in [6, 6.07) is 12.8. The van der Waals surface area contributed by atoms with Crippen LogP contribution in [-0.2, 0) is 6.54 Å². The predicted octanol–water partition coefficient (Wildman–Crippen LogP) is 3.76. The maximum absolute atomic E-state index is 4.52. The van der Waals surface area contributed by atoms with Crippen molar-refractivity contribution in [2.75, 3.05) is 19.0 Å². The number of benzene rings is 1. The Kier molecular flexibility index (Phi) is 5.15. The molecular formula is C16H20BrN3. The van der Waals surface area contributed by atoms with Gasteiger partial charge in [0.25, 0.3) is 0 Å². The zero-order chi connectivity index (χ0) is 14.5. The summed E-state index contributed by atoms with van der Waals surface area (Å²) < 4.78 is 1.11. The van der Waals surface area contributed by atoms with Crippen molar-refractivity contribution in [1.29, 1.82) is 0 Å². The van der Waals surface area contributed by atoms with E-state index in [1.54, 1.807) is 0 Å². The van der Waals surface area contributed by atoms with Gasteiger partial charge in [-0.1, -0.05) is 28.1 Å². The standard InChI is InChI=1S/C16H20BrN3/c1-12(18-2)16-8-7-15(10-19-16)20(3)11-13-5-4-6-14(17)9-13/h4-10,12,18H,11H2,1-3H3. The smallest absolute Gasteiger partial charge is 0.0571 e. The van der Waals surface area contributed by atoms with Crippen LogP contribution in [-0.4, -0.2) is 19.1 Å². The lowest BCUT2D eigenvalue weighted by Gasteiger charge is -2.20. The van der Waals surface area contributed by atoms with Gasteiger partial charge in [0, 0.05) is 24.1 Å². The van der Waals surface area contributed by atoms with Gasteiger partial charge < -0.3 is 10.2 Å². The molecule has 4 heteroatoms. The zero-order valence-corrected chi connectivity index (χ0v) is 13.7. The van der Waals surface area contributed by atoms with E-state index in [1.165, 1.54) is 5.56 Å². The lowest BCUT2D eigenvalue weighted by molar-refractivity contribution is 0.632. The van der Waals surface area contributed by atoms with Crippen LogP contribution in [0.2, 0.25) is 0 Å². The van der Waals surface area contributed by atoms with Gasteiger partial charge in [0.2, 0.25) is 0 Å². The molecule has 0 radical (unpaired) electrons. The minimum Gasteiger partial charge on any atom is -0.369 e. The van der Waals surface area contributed by atoms with Crippen molar-refractivity contribution >= 4 is 21.6 Å². The summed E-state index contributed by atoms with van der Waals surface area (Å²) in [5.41, 5.74) is 3.46. The SMILES string of the molecule is CNC(C)c1ccc(N(C)Cc2cccc(Br)c2)cn1. The van der Waals surface area contributed by atoms with Gasteiger partial charge in [0.05, 0.1) is 17.6 Å². The molecule has 1 aromatic carbocycles. The number of rotatable bonds is 5. The number of halogens is 1. The Morgan fingerprint density at radius 3 is 2.70 bits per heavy atom. The van der Waals surface area contributed by atoms with E-state index < -0.39 is 0 Å². The predicted molar refractivity (Wildman–Crippen MR) is 88.0 cm³/mol. The van der Waals surface area contributed by atoms with Crippen molar-refractivity contribution < 1.29 is 0 Å². The van der Waals surface area contributed by atoms with E-state index in [0.717, 1.165) is 22.4 Å². The van der Waals surface area contributed by atoms with Crippen molar-refractivity contribution in [2.45, 2.75) is 19.5 Å². The zero-order valence-electron chi connectivity index (χ0n) is 12.1. The van der Waals surface area contributed by atoms with Crippen molar-refractivity contribution in [2.24, 2.45) is 0 Å². The summed E-state index contributed by atoms with van der Waals surface area (Å²) in [7, 11) is 4.03. The topological polar surface area (TPSA) is 28.2 Å². The number of hydrogen-bond donors (Lipinski definition) is 1. The normalized spacial score (nSPS) is 12.2. The van der Waals surface area contributed by atoms with E-state index >= 15 is 0 Å². The van der Waals surface area contributed by atoms with Crippen LogP contribution in [0.3, 0.4) is 0 Å². The molecule has 0 bridgehead atoms. The van der Waals surface area contributed by atoms with Gasteiger partial charge in [0.1, 0.15) is 0 Å². The summed E-state index contributed by atoms with van der Waals surface area (Å²) in [5, 5.41) is 3.19. The molecule has 1 aromatic heterocycles. The second-order valence-electron chi connectivity index (χ2n) is 4.94. The molecular weight excluding hydrogens is 314 g/mol. The summed E-state index contributed by atoms with van der Waals surface area (Å²) >= 11 is 3.50. The molecule has 0 saturated carbocycles. The Morgan fingerprint density at radius 1 is 1.30 bits per heavy atom. The molecule has 1 N–H and O–H groups in total. The van der Waals surface area contributed by atoms with E-state index in [4.69, 9.17) is 0 Å². The van der Waals surface area contributed by atoms with Gasteiger partial charge in [-0.15, -0.1) is 0 Å². The molecule has 3 nitrogen and oxygen atoms in total. The van der Waals surface area contributed by atoms with Crippen LogP contribution < -0.4 is 10.2 Å². The largest absolute Gasteiger partial charge is 0.369 e. The molecule has 0 aliphatic heterocycles. The molecule has 0 amide bonds. The third-order valence-electron chi connectivity index (χ3n) is 3.40. The fraction of sp³-hybridized carbons (Fsp3) is 0.312. The highest BCUT2D eigenvalue weighted by atomic mass is 79.9. The summed E-state index contributed by atoms with van der Waals surface area (Å²) in [4.78, 5) is 6.71. The van der Waals surface area contributed by atoms with Crippen molar-refractivity contribution in [1.82, 2.24) is 10.3 Å². The van der Waals surface area contributed by atoms with Gasteiger partial charge in [-0.2, -0.15) is 0 Å². The first kappa shape index (κ1) is 15.0. The summed E-state index contributed by atoms with van der Waals surface area (Å²) in [6.45, 7) is 2.97. The van der Waals surface area contributed by atoms with Gasteiger partial charge in [-0.05, 0) is 43.8 Å². The molecule has 106 valence electrons. The monoisotopic (exact) mass is 333 g/mol. The minimum absolute atomic E-state index is 0.277. The van der Waals surface area contributed by atoms with Gasteiger partial charge in [-0.3, -0.25) is 4.98 Å². The Morgan fingerprint density at radius 2 is 2.10 bits per heavy atom. The average Bonchev–Trinajstić information content (AvgIpc) is 2.46. The maximum atomic E-state index is 4.52. The fourth-order valence-electron chi connectivity index (χ4n) is 2.03. The first-order chi connectivity index (χ1) is 9.60. The number of hydrogen-bond acceptors (Lipinski definition) is 3.